The van der Waals surface area contributed by atoms with Crippen LogP contribution in [0.5, 0.6) is 0 Å². The van der Waals surface area contributed by atoms with E-state index in [4.69, 9.17) is 0 Å². The van der Waals surface area contributed by atoms with Crippen molar-refractivity contribution in [1.82, 2.24) is 24.5 Å². The van der Waals surface area contributed by atoms with E-state index >= 15 is 0 Å². The molecule has 0 radical (unpaired) electrons. The van der Waals surface area contributed by atoms with Gasteiger partial charge in [-0.1, -0.05) is 18.2 Å². The highest BCUT2D eigenvalue weighted by Crippen LogP contribution is 2.16. The number of aromatic nitrogens is 2. The van der Waals surface area contributed by atoms with Crippen LogP contribution in [0.15, 0.2) is 30.5 Å². The Bertz CT molecular complexity index is 860. The maximum atomic E-state index is 12.9. The number of amides is 3. The average Bonchev–Trinajstić information content (AvgIpc) is 3.08. The minimum Gasteiger partial charge on any atom is -0.347 e. The van der Waals surface area contributed by atoms with Crippen LogP contribution in [0.2, 0.25) is 0 Å². The number of rotatable bonds is 4. The third-order valence-electron chi connectivity index (χ3n) is 4.96. The van der Waals surface area contributed by atoms with Gasteiger partial charge in [0.05, 0.1) is 24.8 Å². The van der Waals surface area contributed by atoms with Crippen LogP contribution in [-0.2, 0) is 20.9 Å². The molecule has 0 bridgehead atoms. The standard InChI is InChI=1S/C19H25N5O3/c1-14(25)22-10-11-23(17(13-22)19(27)21(2)3)18(26)8-9-24-16-7-5-4-6-15(16)12-20-24/h4-7,12,17H,8-11,13H2,1-3H3. The van der Waals surface area contributed by atoms with E-state index in [0.29, 0.717) is 19.6 Å². The van der Waals surface area contributed by atoms with Crippen LogP contribution in [0.3, 0.4) is 0 Å². The van der Waals surface area contributed by atoms with Crippen LogP contribution in [0, 0.1) is 0 Å². The van der Waals surface area contributed by atoms with E-state index in [1.807, 2.05) is 28.9 Å². The second-order valence-electron chi connectivity index (χ2n) is 6.98. The third kappa shape index (κ3) is 3.94. The fourth-order valence-electron chi connectivity index (χ4n) is 3.43. The number of piperazine rings is 1. The van der Waals surface area contributed by atoms with Gasteiger partial charge in [0.25, 0.3) is 0 Å². The van der Waals surface area contributed by atoms with Crippen molar-refractivity contribution in [2.24, 2.45) is 0 Å². The molecule has 1 aliphatic rings. The predicted octanol–water partition coefficient (Wildman–Crippen LogP) is 0.574. The summed E-state index contributed by atoms with van der Waals surface area (Å²) >= 11 is 0. The van der Waals surface area contributed by atoms with Crippen molar-refractivity contribution in [1.29, 1.82) is 0 Å². The molecule has 1 aliphatic heterocycles. The van der Waals surface area contributed by atoms with Crippen molar-refractivity contribution in [2.45, 2.75) is 25.9 Å². The topological polar surface area (TPSA) is 78.8 Å². The summed E-state index contributed by atoms with van der Waals surface area (Å²) < 4.78 is 1.81. The van der Waals surface area contributed by atoms with Gasteiger partial charge in [-0.2, -0.15) is 5.10 Å². The first-order chi connectivity index (χ1) is 12.9. The quantitative estimate of drug-likeness (QED) is 0.787. The van der Waals surface area contributed by atoms with E-state index < -0.39 is 6.04 Å². The number of hydrogen-bond donors (Lipinski definition) is 0. The largest absolute Gasteiger partial charge is 0.347 e. The molecule has 0 saturated carbocycles. The van der Waals surface area contributed by atoms with Gasteiger partial charge in [0.15, 0.2) is 0 Å². The van der Waals surface area contributed by atoms with Crippen LogP contribution < -0.4 is 0 Å². The highest BCUT2D eigenvalue weighted by Gasteiger charge is 2.36. The van der Waals surface area contributed by atoms with Crippen molar-refractivity contribution < 1.29 is 14.4 Å². The van der Waals surface area contributed by atoms with Crippen LogP contribution >= 0.6 is 0 Å². The van der Waals surface area contributed by atoms with E-state index in [2.05, 4.69) is 5.10 Å². The van der Waals surface area contributed by atoms with Gasteiger partial charge in [-0.25, -0.2) is 0 Å². The van der Waals surface area contributed by atoms with E-state index in [9.17, 15) is 14.4 Å². The first-order valence-electron chi connectivity index (χ1n) is 9.05. The molecule has 1 fully saturated rings. The van der Waals surface area contributed by atoms with Gasteiger partial charge in [-0.15, -0.1) is 0 Å². The summed E-state index contributed by atoms with van der Waals surface area (Å²) in [5, 5.41) is 5.38. The summed E-state index contributed by atoms with van der Waals surface area (Å²) in [6, 6.07) is 7.20. The molecular formula is C19H25N5O3. The molecule has 8 nitrogen and oxygen atoms in total. The lowest BCUT2D eigenvalue weighted by molar-refractivity contribution is -0.151. The van der Waals surface area contributed by atoms with Crippen molar-refractivity contribution in [2.75, 3.05) is 33.7 Å². The number of aryl methyl sites for hydroxylation is 1. The molecule has 144 valence electrons. The van der Waals surface area contributed by atoms with E-state index in [1.165, 1.54) is 11.8 Å². The Hall–Kier alpha value is -2.90. The molecule has 3 amide bonds. The smallest absolute Gasteiger partial charge is 0.246 e. The van der Waals surface area contributed by atoms with Gasteiger partial charge in [0.1, 0.15) is 6.04 Å². The first-order valence-corrected chi connectivity index (χ1v) is 9.05. The molecule has 1 saturated heterocycles. The molecule has 2 heterocycles. The van der Waals surface area contributed by atoms with Gasteiger partial charge < -0.3 is 14.7 Å². The molecule has 1 aromatic carbocycles. The van der Waals surface area contributed by atoms with Crippen molar-refractivity contribution >= 4 is 28.6 Å². The first kappa shape index (κ1) is 18.9. The molecule has 0 aliphatic carbocycles. The number of fused-ring (bicyclic) bond motifs is 1. The minimum absolute atomic E-state index is 0.0818. The van der Waals surface area contributed by atoms with Gasteiger partial charge in [0.2, 0.25) is 17.7 Å². The summed E-state index contributed by atoms with van der Waals surface area (Å²) in [6.07, 6.45) is 2.03. The number of carbonyl (C=O) groups is 3. The minimum atomic E-state index is -0.639. The molecule has 0 spiro atoms. The number of para-hydroxylation sites is 1. The average molecular weight is 371 g/mol. The Kier molecular flexibility index (Phi) is 5.43. The van der Waals surface area contributed by atoms with Crippen molar-refractivity contribution in [3.63, 3.8) is 0 Å². The summed E-state index contributed by atoms with van der Waals surface area (Å²) in [5.74, 6) is -0.349. The molecule has 1 atom stereocenters. The molecule has 0 N–H and O–H groups in total. The zero-order valence-corrected chi connectivity index (χ0v) is 16.0. The molecule has 3 rings (SSSR count). The maximum Gasteiger partial charge on any atom is 0.246 e. The zero-order chi connectivity index (χ0) is 19.6. The monoisotopic (exact) mass is 371 g/mol. The summed E-state index contributed by atoms with van der Waals surface area (Å²) in [4.78, 5) is 41.8. The fraction of sp³-hybridized carbons (Fsp3) is 0.474. The normalized spacial score (nSPS) is 17.2. The zero-order valence-electron chi connectivity index (χ0n) is 16.0. The second-order valence-corrected chi connectivity index (χ2v) is 6.98. The SMILES string of the molecule is CC(=O)N1CCN(C(=O)CCn2ncc3ccccc32)C(C(=O)N(C)C)C1. The van der Waals surface area contributed by atoms with E-state index in [1.54, 1.807) is 30.1 Å². The van der Waals surface area contributed by atoms with Crippen molar-refractivity contribution in [3.8, 4) is 0 Å². The maximum absolute atomic E-state index is 12.9. The number of hydrogen-bond acceptors (Lipinski definition) is 4. The third-order valence-corrected chi connectivity index (χ3v) is 4.96. The van der Waals surface area contributed by atoms with Gasteiger partial charge in [-0.05, 0) is 6.07 Å². The lowest BCUT2D eigenvalue weighted by atomic mass is 10.1. The number of nitrogens with zero attached hydrogens (tertiary/aromatic N) is 5. The Morgan fingerprint density at radius 2 is 1.93 bits per heavy atom. The van der Waals surface area contributed by atoms with Crippen LogP contribution in [0.1, 0.15) is 13.3 Å². The van der Waals surface area contributed by atoms with Crippen molar-refractivity contribution in [3.05, 3.63) is 30.5 Å². The Labute approximate surface area is 158 Å². The Morgan fingerprint density at radius 1 is 1.19 bits per heavy atom. The lowest BCUT2D eigenvalue weighted by Gasteiger charge is -2.41. The highest BCUT2D eigenvalue weighted by atomic mass is 16.2. The molecule has 2 aromatic rings. The molecule has 8 heteroatoms. The lowest BCUT2D eigenvalue weighted by Crippen LogP contribution is -2.61. The van der Waals surface area contributed by atoms with Crippen LogP contribution in [0.4, 0.5) is 0 Å². The van der Waals surface area contributed by atoms with Gasteiger partial charge in [-0.3, -0.25) is 19.1 Å². The summed E-state index contributed by atoms with van der Waals surface area (Å²) in [7, 11) is 3.32. The van der Waals surface area contributed by atoms with E-state index in [0.717, 1.165) is 10.9 Å². The number of benzene rings is 1. The summed E-state index contributed by atoms with van der Waals surface area (Å²) in [5.41, 5.74) is 0.979. The van der Waals surface area contributed by atoms with Crippen LogP contribution in [-0.4, -0.2) is 82.0 Å². The Balaban J connectivity index is 1.71. The summed E-state index contributed by atoms with van der Waals surface area (Å²) in [6.45, 7) is 2.98. The second kappa shape index (κ2) is 7.77. The molecule has 1 aromatic heterocycles. The fourth-order valence-corrected chi connectivity index (χ4v) is 3.43. The van der Waals surface area contributed by atoms with Gasteiger partial charge >= 0.3 is 0 Å². The van der Waals surface area contributed by atoms with Gasteiger partial charge in [0, 0.05) is 45.9 Å². The molecular weight excluding hydrogens is 346 g/mol. The molecule has 1 unspecified atom stereocenters. The number of carbonyl (C=O) groups excluding carboxylic acids is 3. The predicted molar refractivity (Wildman–Crippen MR) is 101 cm³/mol. The molecule has 27 heavy (non-hydrogen) atoms. The Morgan fingerprint density at radius 3 is 2.63 bits per heavy atom. The van der Waals surface area contributed by atoms with Crippen LogP contribution in [0.25, 0.3) is 10.9 Å². The number of likely N-dealkylation sites (N-methyl/N-ethyl adjacent to an activating group) is 1. The highest BCUT2D eigenvalue weighted by molar-refractivity contribution is 5.89. The van der Waals surface area contributed by atoms with E-state index in [-0.39, 0.29) is 30.7 Å².